The molecule has 2 aromatic rings. The van der Waals surface area contributed by atoms with Crippen molar-refractivity contribution in [1.29, 1.82) is 0 Å². The van der Waals surface area contributed by atoms with Gasteiger partial charge < -0.3 is 14.4 Å². The number of halogens is 2. The second-order valence-electron chi connectivity index (χ2n) is 5.32. The van der Waals surface area contributed by atoms with E-state index in [9.17, 15) is 18.4 Å². The van der Waals surface area contributed by atoms with Gasteiger partial charge in [-0.1, -0.05) is 0 Å². The minimum atomic E-state index is -1.43. The number of aromatic nitrogens is 1. The molecule has 0 unspecified atom stereocenters. The number of alkyl halides is 1. The number of pyridine rings is 1. The summed E-state index contributed by atoms with van der Waals surface area (Å²) in [6.45, 7) is 1.48. The Morgan fingerprint density at radius 2 is 2.14 bits per heavy atom. The van der Waals surface area contributed by atoms with Crippen LogP contribution in [0.2, 0.25) is 0 Å². The first-order valence-corrected chi connectivity index (χ1v) is 6.66. The summed E-state index contributed by atoms with van der Waals surface area (Å²) >= 11 is 0. The lowest BCUT2D eigenvalue weighted by Gasteiger charge is -2.16. The van der Waals surface area contributed by atoms with E-state index in [1.165, 1.54) is 18.6 Å². The van der Waals surface area contributed by atoms with Crippen LogP contribution >= 0.6 is 0 Å². The Balaban J connectivity index is 2.50. The van der Waals surface area contributed by atoms with E-state index < -0.39 is 35.0 Å². The van der Waals surface area contributed by atoms with Gasteiger partial charge in [-0.3, -0.25) is 4.79 Å². The summed E-state index contributed by atoms with van der Waals surface area (Å²) in [6, 6.07) is 0.411. The van der Waals surface area contributed by atoms with Gasteiger partial charge in [-0.15, -0.1) is 0 Å². The highest BCUT2D eigenvalue weighted by atomic mass is 19.1. The van der Waals surface area contributed by atoms with Crippen LogP contribution < -0.4 is 10.2 Å². The third kappa shape index (κ3) is 1.96. The van der Waals surface area contributed by atoms with Gasteiger partial charge in [-0.2, -0.15) is 0 Å². The van der Waals surface area contributed by atoms with E-state index in [0.717, 1.165) is 12.3 Å². The third-order valence-corrected chi connectivity index (χ3v) is 3.93. The quantitative estimate of drug-likeness (QED) is 0.945. The van der Waals surface area contributed by atoms with Crippen LogP contribution in [0, 0.1) is 12.7 Å². The molecule has 0 spiro atoms. The number of carboxylic acids is 1. The number of methoxy groups -OCH3 is 1. The Hall–Kier alpha value is -2.44. The summed E-state index contributed by atoms with van der Waals surface area (Å²) in [5, 5.41) is 9.01. The van der Waals surface area contributed by atoms with Gasteiger partial charge in [0.05, 0.1) is 24.1 Å². The molecule has 5 nitrogen and oxygen atoms in total. The summed E-state index contributed by atoms with van der Waals surface area (Å²) < 4.78 is 34.0. The monoisotopic (exact) mass is 309 g/mol. The summed E-state index contributed by atoms with van der Waals surface area (Å²) in [4.78, 5) is 23.5. The Morgan fingerprint density at radius 3 is 2.64 bits per heavy atom. The number of aromatic carboxylic acids is 1. The molecule has 116 valence electrons. The van der Waals surface area contributed by atoms with Crippen molar-refractivity contribution in [3.05, 3.63) is 39.4 Å². The molecule has 1 saturated carbocycles. The van der Waals surface area contributed by atoms with Crippen molar-refractivity contribution < 1.29 is 23.4 Å². The third-order valence-electron chi connectivity index (χ3n) is 3.93. The van der Waals surface area contributed by atoms with Crippen molar-refractivity contribution >= 4 is 16.9 Å². The Morgan fingerprint density at radius 1 is 1.50 bits per heavy atom. The normalized spacial score (nSPS) is 20.2. The molecule has 1 heterocycles. The maximum atomic E-state index is 14.0. The van der Waals surface area contributed by atoms with Crippen LogP contribution in [0.1, 0.15) is 28.4 Å². The van der Waals surface area contributed by atoms with Gasteiger partial charge in [0.25, 0.3) is 0 Å². The van der Waals surface area contributed by atoms with Crippen LogP contribution in [0.25, 0.3) is 10.9 Å². The zero-order chi connectivity index (χ0) is 16.2. The molecule has 0 saturated heterocycles. The number of nitrogens with zero attached hydrogens (tertiary/aromatic N) is 1. The number of hydrogen-bond donors (Lipinski definition) is 1. The Bertz CT molecular complexity index is 859. The predicted molar refractivity (Wildman–Crippen MR) is 75.0 cm³/mol. The highest BCUT2D eigenvalue weighted by molar-refractivity contribution is 5.95. The minimum absolute atomic E-state index is 0.114. The van der Waals surface area contributed by atoms with Crippen LogP contribution in [-0.4, -0.2) is 28.9 Å². The summed E-state index contributed by atoms with van der Waals surface area (Å²) in [6.07, 6.45) is 0.204. The van der Waals surface area contributed by atoms with Crippen molar-refractivity contribution in [2.24, 2.45) is 0 Å². The highest BCUT2D eigenvalue weighted by Gasteiger charge is 2.40. The van der Waals surface area contributed by atoms with Gasteiger partial charge in [-0.25, -0.2) is 13.6 Å². The fourth-order valence-electron chi connectivity index (χ4n) is 2.65. The standard InChI is InChI=1S/C15H13F2NO4/c1-6-9(16)3-7-12(14(6)22-2)18(11-4-10(11)17)5-8(13(7)19)15(20)21/h3,5,10-11H,4H2,1-2H3,(H,20,21)/t10-,11+/m0/s1. The maximum Gasteiger partial charge on any atom is 0.341 e. The zero-order valence-corrected chi connectivity index (χ0v) is 11.9. The number of benzene rings is 1. The fourth-order valence-corrected chi connectivity index (χ4v) is 2.65. The second-order valence-corrected chi connectivity index (χ2v) is 5.32. The van der Waals surface area contributed by atoms with E-state index in [0.29, 0.717) is 0 Å². The number of rotatable bonds is 3. The van der Waals surface area contributed by atoms with Crippen molar-refractivity contribution in [3.63, 3.8) is 0 Å². The van der Waals surface area contributed by atoms with Crippen molar-refractivity contribution in [2.45, 2.75) is 25.6 Å². The van der Waals surface area contributed by atoms with Crippen molar-refractivity contribution in [1.82, 2.24) is 4.57 Å². The number of fused-ring (bicyclic) bond motifs is 1. The van der Waals surface area contributed by atoms with Crippen molar-refractivity contribution in [2.75, 3.05) is 7.11 Å². The molecule has 1 aliphatic carbocycles. The Labute approximate surface area is 123 Å². The fraction of sp³-hybridized carbons (Fsp3) is 0.333. The van der Waals surface area contributed by atoms with Crippen LogP contribution in [0.15, 0.2) is 17.1 Å². The average molecular weight is 309 g/mol. The lowest BCUT2D eigenvalue weighted by molar-refractivity contribution is 0.0694. The predicted octanol–water partition coefficient (Wildman–Crippen LogP) is 2.44. The summed E-state index contributed by atoms with van der Waals surface area (Å²) in [7, 11) is 1.32. The van der Waals surface area contributed by atoms with E-state index in [4.69, 9.17) is 9.84 Å². The number of carbonyl (C=O) groups is 1. The molecule has 1 N–H and O–H groups in total. The SMILES string of the molecule is COc1c(C)c(F)cc2c(=O)c(C(=O)O)cn([C@@H]3C[C@@H]3F)c12. The summed E-state index contributed by atoms with van der Waals surface area (Å²) in [5.41, 5.74) is -0.923. The smallest absolute Gasteiger partial charge is 0.341 e. The van der Waals surface area contributed by atoms with E-state index >= 15 is 0 Å². The number of hydrogen-bond acceptors (Lipinski definition) is 3. The average Bonchev–Trinajstić information content (AvgIpc) is 3.18. The van der Waals surface area contributed by atoms with E-state index in [1.54, 1.807) is 0 Å². The number of carboxylic acid groups (broad SMARTS) is 1. The van der Waals surface area contributed by atoms with E-state index in [-0.39, 0.29) is 28.6 Å². The molecule has 0 amide bonds. The highest BCUT2D eigenvalue weighted by Crippen LogP contribution is 2.43. The maximum absolute atomic E-state index is 14.0. The van der Waals surface area contributed by atoms with Gasteiger partial charge in [0.2, 0.25) is 5.43 Å². The molecule has 2 atom stereocenters. The topological polar surface area (TPSA) is 68.5 Å². The first-order chi connectivity index (χ1) is 10.4. The number of ether oxygens (including phenoxy) is 1. The zero-order valence-electron chi connectivity index (χ0n) is 11.9. The van der Waals surface area contributed by atoms with Gasteiger partial charge in [0.15, 0.2) is 0 Å². The van der Waals surface area contributed by atoms with Gasteiger partial charge in [-0.05, 0) is 13.0 Å². The second kappa shape index (κ2) is 4.79. The van der Waals surface area contributed by atoms with Gasteiger partial charge in [0, 0.05) is 18.2 Å². The molecule has 0 aliphatic heterocycles. The molecule has 22 heavy (non-hydrogen) atoms. The molecule has 1 aromatic carbocycles. The molecule has 1 fully saturated rings. The molecule has 1 aromatic heterocycles. The first-order valence-electron chi connectivity index (χ1n) is 6.66. The lowest BCUT2D eigenvalue weighted by atomic mass is 10.1. The van der Waals surface area contributed by atoms with E-state index in [2.05, 4.69) is 0 Å². The van der Waals surface area contributed by atoms with Crippen LogP contribution in [0.4, 0.5) is 8.78 Å². The lowest BCUT2D eigenvalue weighted by Crippen LogP contribution is -2.20. The van der Waals surface area contributed by atoms with Crippen LogP contribution in [0.5, 0.6) is 5.75 Å². The molecule has 7 heteroatoms. The van der Waals surface area contributed by atoms with Gasteiger partial charge in [0.1, 0.15) is 23.3 Å². The minimum Gasteiger partial charge on any atom is -0.494 e. The molecular weight excluding hydrogens is 296 g/mol. The molecule has 1 aliphatic rings. The van der Waals surface area contributed by atoms with Gasteiger partial charge >= 0.3 is 5.97 Å². The largest absolute Gasteiger partial charge is 0.494 e. The molecular formula is C15H13F2NO4. The van der Waals surface area contributed by atoms with E-state index in [1.807, 2.05) is 0 Å². The van der Waals surface area contributed by atoms with Crippen LogP contribution in [0.3, 0.4) is 0 Å². The summed E-state index contributed by atoms with van der Waals surface area (Å²) in [5.74, 6) is -2.00. The molecule has 0 bridgehead atoms. The first kappa shape index (κ1) is 14.5. The molecule has 0 radical (unpaired) electrons. The Kier molecular flexibility index (Phi) is 3.16. The van der Waals surface area contributed by atoms with Crippen molar-refractivity contribution in [3.8, 4) is 5.75 Å². The molecule has 3 rings (SSSR count). The van der Waals surface area contributed by atoms with Crippen LogP contribution in [-0.2, 0) is 0 Å².